The maximum atomic E-state index is 13.8. The topological polar surface area (TPSA) is 298 Å². The molecule has 0 saturated carbocycles. The molecule has 7 atom stereocenters. The molecular formula is C37H64N8O9. The van der Waals surface area contributed by atoms with Crippen molar-refractivity contribution >= 4 is 41.4 Å². The second-order valence-corrected chi connectivity index (χ2v) is 14.1. The Morgan fingerprint density at radius 1 is 0.685 bits per heavy atom. The van der Waals surface area contributed by atoms with E-state index in [-0.39, 0.29) is 44.8 Å². The van der Waals surface area contributed by atoms with Crippen LogP contribution in [0.1, 0.15) is 93.1 Å². The first-order chi connectivity index (χ1) is 24.8. The predicted molar refractivity (Wildman–Crippen MR) is 204 cm³/mol. The second-order valence-electron chi connectivity index (χ2n) is 14.1. The summed E-state index contributed by atoms with van der Waals surface area (Å²) in [6.45, 7) is 10.7. The maximum Gasteiger partial charge on any atom is 0.326 e. The summed E-state index contributed by atoms with van der Waals surface area (Å²) in [7, 11) is 0. The van der Waals surface area contributed by atoms with Crippen molar-refractivity contribution in [1.82, 2.24) is 26.6 Å². The number of benzene rings is 1. The standard InChI is InChI=1S/C36H60N8O9.CH4/c1-7-21(6)30(44-31(47)24(15-16-27(38)46)40-33(49)28(39)19(2)3)35(51)43-29(20(4)5)34(50)42-26(18-22-11-13-23(45)14-12-22)32(48)41-25(36(52)53)10-8-9-17-37;/h11-14,19-21,24-26,28-30,45H,7-10,15-18,37,39H2,1-6H3,(H2,38,46)(H,40,49)(H,41,48)(H,42,50)(H,43,51)(H,44,47)(H,52,53);1H4/t21-,24-,25-,26-,28-,29-,30-;/m0./s1. The molecule has 0 unspecified atom stereocenters. The van der Waals surface area contributed by atoms with Crippen LogP contribution in [0, 0.1) is 17.8 Å². The van der Waals surface area contributed by atoms with E-state index in [1.165, 1.54) is 12.1 Å². The largest absolute Gasteiger partial charge is 0.508 e. The normalized spacial score (nSPS) is 14.9. The Morgan fingerprint density at radius 2 is 1.20 bits per heavy atom. The van der Waals surface area contributed by atoms with Crippen LogP contribution in [-0.4, -0.2) is 94.4 Å². The van der Waals surface area contributed by atoms with E-state index in [0.717, 1.165) is 0 Å². The van der Waals surface area contributed by atoms with Crippen molar-refractivity contribution in [2.45, 2.75) is 130 Å². The third kappa shape index (κ3) is 16.9. The second kappa shape index (κ2) is 24.5. The summed E-state index contributed by atoms with van der Waals surface area (Å²) >= 11 is 0. The number of amides is 6. The van der Waals surface area contributed by atoms with Crippen LogP contribution >= 0.6 is 0 Å². The third-order valence-electron chi connectivity index (χ3n) is 8.94. The van der Waals surface area contributed by atoms with Crippen molar-refractivity contribution in [2.75, 3.05) is 6.54 Å². The molecule has 0 radical (unpaired) electrons. The van der Waals surface area contributed by atoms with Crippen molar-refractivity contribution in [3.8, 4) is 5.75 Å². The van der Waals surface area contributed by atoms with Gasteiger partial charge in [-0.3, -0.25) is 28.8 Å². The lowest BCUT2D eigenvalue weighted by Gasteiger charge is -2.30. The van der Waals surface area contributed by atoms with Gasteiger partial charge < -0.3 is 54.0 Å². The van der Waals surface area contributed by atoms with Gasteiger partial charge in [-0.05, 0) is 67.7 Å². The number of phenolic OH excluding ortho intramolecular Hbond substituents is 1. The fraction of sp³-hybridized carbons (Fsp3) is 0.649. The number of unbranched alkanes of at least 4 members (excludes halogenated alkanes) is 1. The Morgan fingerprint density at radius 3 is 1.70 bits per heavy atom. The number of hydrogen-bond donors (Lipinski definition) is 10. The van der Waals surface area contributed by atoms with Crippen LogP contribution < -0.4 is 43.8 Å². The van der Waals surface area contributed by atoms with Gasteiger partial charge in [-0.15, -0.1) is 0 Å². The van der Waals surface area contributed by atoms with Crippen LogP contribution in [0.25, 0.3) is 0 Å². The first-order valence-electron chi connectivity index (χ1n) is 18.1. The van der Waals surface area contributed by atoms with Gasteiger partial charge >= 0.3 is 5.97 Å². The highest BCUT2D eigenvalue weighted by atomic mass is 16.4. The first-order valence-corrected chi connectivity index (χ1v) is 18.1. The van der Waals surface area contributed by atoms with Gasteiger partial charge in [0.05, 0.1) is 6.04 Å². The predicted octanol–water partition coefficient (Wildman–Crippen LogP) is 0.159. The molecule has 0 saturated heterocycles. The molecule has 6 amide bonds. The number of aliphatic carboxylic acids is 1. The summed E-state index contributed by atoms with van der Waals surface area (Å²) < 4.78 is 0. The van der Waals surface area contributed by atoms with Gasteiger partial charge in [0.2, 0.25) is 35.4 Å². The Hall–Kier alpha value is -4.77. The number of phenols is 1. The van der Waals surface area contributed by atoms with E-state index in [2.05, 4.69) is 26.6 Å². The van der Waals surface area contributed by atoms with Gasteiger partial charge in [0.15, 0.2) is 0 Å². The van der Waals surface area contributed by atoms with Gasteiger partial charge in [-0.1, -0.05) is 67.5 Å². The highest BCUT2D eigenvalue weighted by Crippen LogP contribution is 2.15. The number of carbonyl (C=O) groups is 7. The molecular weight excluding hydrogens is 700 g/mol. The molecule has 1 aromatic carbocycles. The number of carboxylic acid groups (broad SMARTS) is 1. The van der Waals surface area contributed by atoms with Crippen LogP contribution in [0.4, 0.5) is 0 Å². The monoisotopic (exact) mass is 764 g/mol. The number of aromatic hydroxyl groups is 1. The van der Waals surface area contributed by atoms with Crippen LogP contribution in [0.15, 0.2) is 24.3 Å². The fourth-order valence-electron chi connectivity index (χ4n) is 5.22. The van der Waals surface area contributed by atoms with Gasteiger partial charge in [-0.25, -0.2) is 4.79 Å². The minimum atomic E-state index is -1.28. The highest BCUT2D eigenvalue weighted by Gasteiger charge is 2.35. The quantitative estimate of drug-likeness (QED) is 0.0633. The summed E-state index contributed by atoms with van der Waals surface area (Å²) in [6, 6.07) is -1.20. The van der Waals surface area contributed by atoms with E-state index in [0.29, 0.717) is 31.4 Å². The molecule has 306 valence electrons. The number of carboxylic acids is 1. The zero-order chi connectivity index (χ0) is 40.4. The number of primary amides is 1. The molecule has 1 rings (SSSR count). The Bertz CT molecular complexity index is 1390. The number of nitrogens with one attached hydrogen (secondary N) is 5. The number of carbonyl (C=O) groups excluding carboxylic acids is 6. The summed E-state index contributed by atoms with van der Waals surface area (Å²) in [5, 5.41) is 32.5. The molecule has 17 nitrogen and oxygen atoms in total. The van der Waals surface area contributed by atoms with Gasteiger partial charge in [-0.2, -0.15) is 0 Å². The molecule has 0 aliphatic carbocycles. The molecule has 0 aliphatic heterocycles. The molecule has 13 N–H and O–H groups in total. The molecule has 0 spiro atoms. The van der Waals surface area contributed by atoms with E-state index < -0.39 is 89.5 Å². The van der Waals surface area contributed by atoms with E-state index in [1.54, 1.807) is 53.7 Å². The molecule has 0 aromatic heterocycles. The SMILES string of the molecule is C.CC[C@H](C)[C@H](NC(=O)[C@H](CCC(N)=O)NC(=O)[C@@H](N)C(C)C)C(=O)N[C@H](C(=O)N[C@@H](Cc1ccc(O)cc1)C(=O)N[C@@H](CCCCN)C(=O)O)C(C)C. The maximum absolute atomic E-state index is 13.8. The summed E-state index contributed by atoms with van der Waals surface area (Å²) in [4.78, 5) is 90.9. The van der Waals surface area contributed by atoms with E-state index in [9.17, 15) is 43.8 Å². The molecule has 0 aliphatic rings. The molecule has 0 fully saturated rings. The Labute approximate surface area is 318 Å². The summed E-state index contributed by atoms with van der Waals surface area (Å²) in [5.41, 5.74) is 17.3. The molecule has 0 bridgehead atoms. The molecule has 1 aromatic rings. The van der Waals surface area contributed by atoms with E-state index in [1.807, 2.05) is 0 Å². The average Bonchev–Trinajstić information content (AvgIpc) is 3.09. The van der Waals surface area contributed by atoms with Crippen molar-refractivity contribution in [3.63, 3.8) is 0 Å². The van der Waals surface area contributed by atoms with Gasteiger partial charge in [0, 0.05) is 12.8 Å². The number of rotatable bonds is 24. The summed E-state index contributed by atoms with van der Waals surface area (Å²) in [6.07, 6.45) is 1.09. The lowest BCUT2D eigenvalue weighted by Crippen LogP contribution is -2.61. The van der Waals surface area contributed by atoms with Gasteiger partial charge in [0.1, 0.15) is 36.0 Å². The Kier molecular flexibility index (Phi) is 22.4. The van der Waals surface area contributed by atoms with Crippen LogP contribution in [0.5, 0.6) is 5.75 Å². The van der Waals surface area contributed by atoms with Crippen molar-refractivity contribution in [3.05, 3.63) is 29.8 Å². The Balaban J connectivity index is 0.0000281. The molecule has 0 heterocycles. The first kappa shape index (κ1) is 49.2. The molecule has 17 heteroatoms. The van der Waals surface area contributed by atoms with Crippen molar-refractivity contribution in [1.29, 1.82) is 0 Å². The highest BCUT2D eigenvalue weighted by molar-refractivity contribution is 5.96. The number of hydrogen-bond acceptors (Lipinski definition) is 10. The minimum absolute atomic E-state index is 0. The lowest BCUT2D eigenvalue weighted by molar-refractivity contribution is -0.142. The summed E-state index contributed by atoms with van der Waals surface area (Å²) in [5.74, 6) is -6.82. The zero-order valence-corrected chi connectivity index (χ0v) is 31.6. The fourth-order valence-corrected chi connectivity index (χ4v) is 5.22. The van der Waals surface area contributed by atoms with Gasteiger partial charge in [0.25, 0.3) is 0 Å². The van der Waals surface area contributed by atoms with E-state index >= 15 is 0 Å². The number of nitrogens with two attached hydrogens (primary N) is 3. The molecule has 54 heavy (non-hydrogen) atoms. The third-order valence-corrected chi connectivity index (χ3v) is 8.94. The van der Waals surface area contributed by atoms with Crippen molar-refractivity contribution < 1.29 is 43.8 Å². The lowest BCUT2D eigenvalue weighted by atomic mass is 9.95. The van der Waals surface area contributed by atoms with Crippen LogP contribution in [0.2, 0.25) is 0 Å². The van der Waals surface area contributed by atoms with E-state index in [4.69, 9.17) is 17.2 Å². The van der Waals surface area contributed by atoms with Crippen molar-refractivity contribution in [2.24, 2.45) is 35.0 Å². The van der Waals surface area contributed by atoms with Crippen LogP contribution in [0.3, 0.4) is 0 Å². The average molecular weight is 765 g/mol. The van der Waals surface area contributed by atoms with Crippen LogP contribution in [-0.2, 0) is 40.0 Å². The minimum Gasteiger partial charge on any atom is -0.508 e. The smallest absolute Gasteiger partial charge is 0.326 e. The zero-order valence-electron chi connectivity index (χ0n) is 31.6.